The van der Waals surface area contributed by atoms with Gasteiger partial charge < -0.3 is 10.8 Å². The molecule has 0 fully saturated rings. The largest absolute Gasteiger partial charge is 0.481 e. The second kappa shape index (κ2) is 5.87. The molecule has 9 heteroatoms. The van der Waals surface area contributed by atoms with Crippen molar-refractivity contribution in [3.8, 4) is 0 Å². The van der Waals surface area contributed by atoms with E-state index in [9.17, 15) is 25.0 Å². The molecule has 0 spiro atoms. The number of nitrogens with zero attached hydrogens (tertiary/aromatic N) is 2. The highest BCUT2D eigenvalue weighted by Gasteiger charge is 2.29. The van der Waals surface area contributed by atoms with Crippen LogP contribution >= 0.6 is 0 Å². The Labute approximate surface area is 106 Å². The van der Waals surface area contributed by atoms with Crippen LogP contribution in [0.4, 0.5) is 11.4 Å². The van der Waals surface area contributed by atoms with Crippen LogP contribution in [-0.2, 0) is 4.79 Å². The summed E-state index contributed by atoms with van der Waals surface area (Å²) in [4.78, 5) is 30.9. The van der Waals surface area contributed by atoms with Crippen molar-refractivity contribution in [1.29, 1.82) is 0 Å². The van der Waals surface area contributed by atoms with Crippen LogP contribution in [0.5, 0.6) is 0 Å². The molecular weight excluding hydrogens is 258 g/mol. The maximum absolute atomic E-state index is 11.1. The molecule has 0 aliphatic rings. The minimum atomic E-state index is -1.26. The SMILES string of the molecule is NCCC(C(=O)O)c1ccc([N+](=O)[O-])cc1[N+](=O)[O-]. The van der Waals surface area contributed by atoms with Gasteiger partial charge in [0.1, 0.15) is 0 Å². The lowest BCUT2D eigenvalue weighted by molar-refractivity contribution is -0.394. The van der Waals surface area contributed by atoms with Crippen LogP contribution in [-0.4, -0.2) is 27.5 Å². The minimum absolute atomic E-state index is 0.00792. The van der Waals surface area contributed by atoms with Gasteiger partial charge in [0, 0.05) is 11.6 Å². The van der Waals surface area contributed by atoms with Crippen molar-refractivity contribution in [3.63, 3.8) is 0 Å². The molecule has 0 radical (unpaired) electrons. The Morgan fingerprint density at radius 2 is 1.95 bits per heavy atom. The number of nitro benzene ring substituents is 2. The summed E-state index contributed by atoms with van der Waals surface area (Å²) in [5.41, 5.74) is 4.12. The molecular formula is C10H11N3O6. The summed E-state index contributed by atoms with van der Waals surface area (Å²) in [6.07, 6.45) is 0.00792. The summed E-state index contributed by atoms with van der Waals surface area (Å²) in [6, 6.07) is 2.88. The zero-order valence-corrected chi connectivity index (χ0v) is 9.68. The molecule has 3 N–H and O–H groups in total. The zero-order chi connectivity index (χ0) is 14.6. The number of nitro groups is 2. The number of hydrogen-bond acceptors (Lipinski definition) is 6. The van der Waals surface area contributed by atoms with Crippen LogP contribution in [0.15, 0.2) is 18.2 Å². The van der Waals surface area contributed by atoms with E-state index >= 15 is 0 Å². The lowest BCUT2D eigenvalue weighted by Gasteiger charge is -2.11. The van der Waals surface area contributed by atoms with E-state index in [-0.39, 0.29) is 18.5 Å². The van der Waals surface area contributed by atoms with Crippen LogP contribution in [0.1, 0.15) is 17.9 Å². The van der Waals surface area contributed by atoms with E-state index in [1.165, 1.54) is 0 Å². The number of benzene rings is 1. The van der Waals surface area contributed by atoms with E-state index < -0.39 is 33.1 Å². The third-order valence-electron chi connectivity index (χ3n) is 2.55. The molecule has 0 heterocycles. The van der Waals surface area contributed by atoms with Crippen molar-refractivity contribution >= 4 is 17.3 Å². The van der Waals surface area contributed by atoms with Gasteiger partial charge in [0.25, 0.3) is 11.4 Å². The number of non-ortho nitro benzene ring substituents is 1. The van der Waals surface area contributed by atoms with E-state index in [0.29, 0.717) is 0 Å². The number of hydrogen-bond donors (Lipinski definition) is 2. The predicted octanol–water partition coefficient (Wildman–Crippen LogP) is 1.02. The Kier molecular flexibility index (Phi) is 4.48. The minimum Gasteiger partial charge on any atom is -0.481 e. The Morgan fingerprint density at radius 3 is 2.37 bits per heavy atom. The van der Waals surface area contributed by atoms with Crippen LogP contribution in [0, 0.1) is 20.2 Å². The molecule has 0 aromatic heterocycles. The fraction of sp³-hybridized carbons (Fsp3) is 0.300. The molecule has 0 aliphatic heterocycles. The molecule has 1 unspecified atom stereocenters. The number of carbonyl (C=O) groups is 1. The second-order valence-corrected chi connectivity index (χ2v) is 3.73. The number of carboxylic acids is 1. The molecule has 0 aliphatic carbocycles. The first-order valence-corrected chi connectivity index (χ1v) is 5.24. The predicted molar refractivity (Wildman–Crippen MR) is 63.8 cm³/mol. The van der Waals surface area contributed by atoms with Gasteiger partial charge in [-0.15, -0.1) is 0 Å². The average molecular weight is 269 g/mol. The van der Waals surface area contributed by atoms with Crippen LogP contribution in [0.2, 0.25) is 0 Å². The zero-order valence-electron chi connectivity index (χ0n) is 9.68. The van der Waals surface area contributed by atoms with E-state index in [2.05, 4.69) is 0 Å². The first kappa shape index (κ1) is 14.5. The van der Waals surface area contributed by atoms with E-state index in [1.807, 2.05) is 0 Å². The molecule has 0 amide bonds. The van der Waals surface area contributed by atoms with Crippen LogP contribution < -0.4 is 5.73 Å². The number of rotatable bonds is 6. The first-order valence-electron chi connectivity index (χ1n) is 5.24. The van der Waals surface area contributed by atoms with Crippen molar-refractivity contribution in [2.75, 3.05) is 6.54 Å². The molecule has 9 nitrogen and oxygen atoms in total. The molecule has 0 saturated carbocycles. The summed E-state index contributed by atoms with van der Waals surface area (Å²) in [7, 11) is 0. The van der Waals surface area contributed by atoms with Gasteiger partial charge >= 0.3 is 5.97 Å². The van der Waals surface area contributed by atoms with Crippen molar-refractivity contribution in [2.24, 2.45) is 5.73 Å². The maximum Gasteiger partial charge on any atom is 0.311 e. The van der Waals surface area contributed by atoms with E-state index in [1.54, 1.807) is 0 Å². The van der Waals surface area contributed by atoms with E-state index in [4.69, 9.17) is 10.8 Å². The van der Waals surface area contributed by atoms with Gasteiger partial charge in [-0.05, 0) is 19.0 Å². The van der Waals surface area contributed by atoms with Crippen molar-refractivity contribution in [1.82, 2.24) is 0 Å². The molecule has 1 aromatic carbocycles. The Morgan fingerprint density at radius 1 is 1.32 bits per heavy atom. The second-order valence-electron chi connectivity index (χ2n) is 3.73. The highest BCUT2D eigenvalue weighted by Crippen LogP contribution is 2.32. The van der Waals surface area contributed by atoms with Gasteiger partial charge in [0.2, 0.25) is 0 Å². The molecule has 0 bridgehead atoms. The monoisotopic (exact) mass is 269 g/mol. The fourth-order valence-electron chi connectivity index (χ4n) is 1.68. The summed E-state index contributed by atoms with van der Waals surface area (Å²) < 4.78 is 0. The number of aliphatic carboxylic acids is 1. The third-order valence-corrected chi connectivity index (χ3v) is 2.55. The molecule has 19 heavy (non-hydrogen) atoms. The molecule has 0 saturated heterocycles. The van der Waals surface area contributed by atoms with Gasteiger partial charge in [-0.1, -0.05) is 0 Å². The van der Waals surface area contributed by atoms with Crippen molar-refractivity contribution in [3.05, 3.63) is 44.0 Å². The summed E-state index contributed by atoms with van der Waals surface area (Å²) >= 11 is 0. The summed E-state index contributed by atoms with van der Waals surface area (Å²) in [5, 5.41) is 30.5. The Balaban J connectivity index is 3.36. The first-order chi connectivity index (χ1) is 8.88. The van der Waals surface area contributed by atoms with Crippen molar-refractivity contribution in [2.45, 2.75) is 12.3 Å². The maximum atomic E-state index is 11.1. The quantitative estimate of drug-likeness (QED) is 0.577. The Bertz CT molecular complexity index is 530. The topological polar surface area (TPSA) is 150 Å². The normalized spacial score (nSPS) is 11.8. The molecule has 102 valence electrons. The number of nitrogens with two attached hydrogens (primary N) is 1. The van der Waals surface area contributed by atoms with Crippen LogP contribution in [0.25, 0.3) is 0 Å². The van der Waals surface area contributed by atoms with Gasteiger partial charge in [0.15, 0.2) is 0 Å². The average Bonchev–Trinajstić information content (AvgIpc) is 2.34. The lowest BCUT2D eigenvalue weighted by Crippen LogP contribution is -2.17. The van der Waals surface area contributed by atoms with Gasteiger partial charge in [-0.3, -0.25) is 25.0 Å². The Hall–Kier alpha value is -2.55. The van der Waals surface area contributed by atoms with Crippen LogP contribution in [0.3, 0.4) is 0 Å². The van der Waals surface area contributed by atoms with Gasteiger partial charge in [-0.2, -0.15) is 0 Å². The summed E-state index contributed by atoms with van der Waals surface area (Å²) in [5.74, 6) is -2.42. The standard InChI is InChI=1S/C10H11N3O6/c11-4-3-8(10(14)15)7-2-1-6(12(16)17)5-9(7)13(18)19/h1-2,5,8H,3-4,11H2,(H,14,15). The third kappa shape index (κ3) is 3.22. The van der Waals surface area contributed by atoms with Gasteiger partial charge in [-0.25, -0.2) is 0 Å². The summed E-state index contributed by atoms with van der Waals surface area (Å²) in [6.45, 7) is 0.0328. The van der Waals surface area contributed by atoms with Gasteiger partial charge in [0.05, 0.1) is 21.8 Å². The highest BCUT2D eigenvalue weighted by atomic mass is 16.6. The molecule has 1 rings (SSSR count). The fourth-order valence-corrected chi connectivity index (χ4v) is 1.68. The lowest BCUT2D eigenvalue weighted by atomic mass is 9.94. The highest BCUT2D eigenvalue weighted by molar-refractivity contribution is 5.78. The smallest absolute Gasteiger partial charge is 0.311 e. The molecule has 1 aromatic rings. The number of carboxylic acid groups (broad SMARTS) is 1. The van der Waals surface area contributed by atoms with Crippen molar-refractivity contribution < 1.29 is 19.7 Å². The molecule has 1 atom stereocenters. The van der Waals surface area contributed by atoms with E-state index in [0.717, 1.165) is 18.2 Å².